The summed E-state index contributed by atoms with van der Waals surface area (Å²) in [6, 6.07) is 10.4. The molecular formula is C14H17N5O. The summed E-state index contributed by atoms with van der Waals surface area (Å²) in [5.74, 6) is -0.0551. The molecule has 1 unspecified atom stereocenters. The van der Waals surface area contributed by atoms with Crippen LogP contribution < -0.4 is 5.32 Å². The lowest BCUT2D eigenvalue weighted by Gasteiger charge is -2.33. The van der Waals surface area contributed by atoms with Crippen molar-refractivity contribution in [1.29, 1.82) is 0 Å². The number of rotatable bonds is 2. The largest absolute Gasteiger partial charge is 0.334 e. The molecule has 1 fully saturated rings. The standard InChI is InChI=1S/C14H17N5O/c1-18-9-13(16-17-18)14(20)19-8-7-15-12(10-19)11-5-3-2-4-6-11/h2-6,9,12,15H,7-8,10H2,1H3. The first-order valence-corrected chi connectivity index (χ1v) is 6.68. The fourth-order valence-electron chi connectivity index (χ4n) is 2.45. The molecule has 6 heteroatoms. The number of aryl methyl sites for hydroxylation is 1. The summed E-state index contributed by atoms with van der Waals surface area (Å²) in [6.45, 7) is 2.13. The summed E-state index contributed by atoms with van der Waals surface area (Å²) in [7, 11) is 1.76. The van der Waals surface area contributed by atoms with Gasteiger partial charge in [-0.1, -0.05) is 35.5 Å². The van der Waals surface area contributed by atoms with Crippen molar-refractivity contribution in [3.63, 3.8) is 0 Å². The van der Waals surface area contributed by atoms with E-state index in [0.717, 1.165) is 6.54 Å². The van der Waals surface area contributed by atoms with Crippen molar-refractivity contribution in [3.8, 4) is 0 Å². The normalized spacial score (nSPS) is 19.1. The SMILES string of the molecule is Cn1cc(C(=O)N2CCNC(c3ccccc3)C2)nn1. The van der Waals surface area contributed by atoms with Gasteiger partial charge in [0.2, 0.25) is 0 Å². The average molecular weight is 271 g/mol. The molecule has 0 bridgehead atoms. The predicted octanol–water partition coefficient (Wildman–Crippen LogP) is 0.602. The Bertz CT molecular complexity index is 595. The van der Waals surface area contributed by atoms with E-state index in [-0.39, 0.29) is 11.9 Å². The molecule has 2 aromatic rings. The van der Waals surface area contributed by atoms with E-state index < -0.39 is 0 Å². The maximum Gasteiger partial charge on any atom is 0.276 e. The Balaban J connectivity index is 1.74. The summed E-state index contributed by atoms with van der Waals surface area (Å²) in [6.07, 6.45) is 1.65. The molecule has 3 rings (SSSR count). The van der Waals surface area contributed by atoms with E-state index in [1.54, 1.807) is 17.9 Å². The van der Waals surface area contributed by atoms with Crippen molar-refractivity contribution >= 4 is 5.91 Å². The first kappa shape index (κ1) is 12.8. The van der Waals surface area contributed by atoms with Gasteiger partial charge in [-0.3, -0.25) is 9.48 Å². The Labute approximate surface area is 117 Å². The molecule has 1 amide bonds. The van der Waals surface area contributed by atoms with Crippen LogP contribution >= 0.6 is 0 Å². The zero-order chi connectivity index (χ0) is 13.9. The first-order valence-electron chi connectivity index (χ1n) is 6.68. The van der Waals surface area contributed by atoms with Crippen LogP contribution in [-0.4, -0.2) is 45.4 Å². The highest BCUT2D eigenvalue weighted by molar-refractivity contribution is 5.92. The van der Waals surface area contributed by atoms with E-state index in [4.69, 9.17) is 0 Å². The zero-order valence-electron chi connectivity index (χ0n) is 11.4. The van der Waals surface area contributed by atoms with Crippen LogP contribution in [0.2, 0.25) is 0 Å². The van der Waals surface area contributed by atoms with Gasteiger partial charge in [-0.05, 0) is 5.56 Å². The lowest BCUT2D eigenvalue weighted by atomic mass is 10.0. The molecule has 2 heterocycles. The molecule has 0 aliphatic carbocycles. The highest BCUT2D eigenvalue weighted by atomic mass is 16.2. The number of benzene rings is 1. The number of piperazine rings is 1. The Hall–Kier alpha value is -2.21. The van der Waals surface area contributed by atoms with Gasteiger partial charge < -0.3 is 10.2 Å². The van der Waals surface area contributed by atoms with Crippen LogP contribution in [0.15, 0.2) is 36.5 Å². The first-order chi connectivity index (χ1) is 9.74. The highest BCUT2D eigenvalue weighted by Gasteiger charge is 2.26. The maximum absolute atomic E-state index is 12.4. The Morgan fingerprint density at radius 3 is 2.85 bits per heavy atom. The summed E-state index contributed by atoms with van der Waals surface area (Å²) in [5.41, 5.74) is 1.60. The smallest absolute Gasteiger partial charge is 0.276 e. The molecule has 104 valence electrons. The molecule has 1 aromatic heterocycles. The molecule has 1 aliphatic heterocycles. The Kier molecular flexibility index (Phi) is 3.47. The lowest BCUT2D eigenvalue weighted by molar-refractivity contribution is 0.0697. The number of amides is 1. The van der Waals surface area contributed by atoms with Crippen LogP contribution in [0.5, 0.6) is 0 Å². The quantitative estimate of drug-likeness (QED) is 0.869. The molecule has 1 saturated heterocycles. The van der Waals surface area contributed by atoms with E-state index >= 15 is 0 Å². The van der Waals surface area contributed by atoms with Crippen LogP contribution in [0.3, 0.4) is 0 Å². The summed E-state index contributed by atoms with van der Waals surface area (Å²) in [5, 5.41) is 11.1. The zero-order valence-corrected chi connectivity index (χ0v) is 11.4. The van der Waals surface area contributed by atoms with E-state index in [0.29, 0.717) is 18.8 Å². The van der Waals surface area contributed by atoms with Gasteiger partial charge >= 0.3 is 0 Å². The molecule has 1 atom stereocenters. The third kappa shape index (κ3) is 2.55. The second-order valence-corrected chi connectivity index (χ2v) is 4.95. The summed E-state index contributed by atoms with van der Waals surface area (Å²) in [4.78, 5) is 14.2. The fraction of sp³-hybridized carbons (Fsp3) is 0.357. The van der Waals surface area contributed by atoms with E-state index in [9.17, 15) is 4.79 Å². The molecule has 20 heavy (non-hydrogen) atoms. The van der Waals surface area contributed by atoms with Crippen LogP contribution in [-0.2, 0) is 7.05 Å². The molecule has 1 aliphatic rings. The van der Waals surface area contributed by atoms with Gasteiger partial charge in [0.15, 0.2) is 5.69 Å². The minimum Gasteiger partial charge on any atom is -0.334 e. The summed E-state index contributed by atoms with van der Waals surface area (Å²) >= 11 is 0. The second-order valence-electron chi connectivity index (χ2n) is 4.95. The summed E-state index contributed by atoms with van der Waals surface area (Å²) < 4.78 is 1.55. The van der Waals surface area contributed by atoms with Crippen molar-refractivity contribution in [2.45, 2.75) is 6.04 Å². The van der Waals surface area contributed by atoms with Crippen molar-refractivity contribution in [2.75, 3.05) is 19.6 Å². The van der Waals surface area contributed by atoms with Gasteiger partial charge in [-0.2, -0.15) is 0 Å². The third-order valence-electron chi connectivity index (χ3n) is 3.49. The fourth-order valence-corrected chi connectivity index (χ4v) is 2.45. The third-order valence-corrected chi connectivity index (χ3v) is 3.49. The van der Waals surface area contributed by atoms with E-state index in [1.165, 1.54) is 5.56 Å². The van der Waals surface area contributed by atoms with Crippen molar-refractivity contribution in [2.24, 2.45) is 7.05 Å². The maximum atomic E-state index is 12.4. The second kappa shape index (κ2) is 5.42. The van der Waals surface area contributed by atoms with Gasteiger partial charge in [0.25, 0.3) is 5.91 Å². The lowest BCUT2D eigenvalue weighted by Crippen LogP contribution is -2.48. The number of nitrogens with zero attached hydrogens (tertiary/aromatic N) is 4. The van der Waals surface area contributed by atoms with Crippen LogP contribution in [0.4, 0.5) is 0 Å². The van der Waals surface area contributed by atoms with Gasteiger partial charge in [-0.25, -0.2) is 0 Å². The van der Waals surface area contributed by atoms with Crippen molar-refractivity contribution < 1.29 is 4.79 Å². The Morgan fingerprint density at radius 1 is 1.35 bits per heavy atom. The predicted molar refractivity (Wildman–Crippen MR) is 74.1 cm³/mol. The molecule has 0 spiro atoms. The van der Waals surface area contributed by atoms with Gasteiger partial charge in [0.1, 0.15) is 0 Å². The molecule has 1 N–H and O–H groups in total. The van der Waals surface area contributed by atoms with E-state index in [1.807, 2.05) is 23.1 Å². The monoisotopic (exact) mass is 271 g/mol. The Morgan fingerprint density at radius 2 is 2.15 bits per heavy atom. The number of carbonyl (C=O) groups is 1. The minimum atomic E-state index is -0.0551. The number of nitrogens with one attached hydrogen (secondary N) is 1. The molecule has 1 aromatic carbocycles. The van der Waals surface area contributed by atoms with Gasteiger partial charge in [0, 0.05) is 32.7 Å². The number of hydrogen-bond donors (Lipinski definition) is 1. The average Bonchev–Trinajstić information content (AvgIpc) is 2.94. The minimum absolute atomic E-state index is 0.0551. The number of aromatic nitrogens is 3. The number of carbonyl (C=O) groups excluding carboxylic acids is 1. The van der Waals surface area contributed by atoms with Gasteiger partial charge in [0.05, 0.1) is 6.20 Å². The highest BCUT2D eigenvalue weighted by Crippen LogP contribution is 2.17. The van der Waals surface area contributed by atoms with Crippen LogP contribution in [0.25, 0.3) is 0 Å². The van der Waals surface area contributed by atoms with Crippen molar-refractivity contribution in [3.05, 3.63) is 47.8 Å². The molecule has 0 saturated carbocycles. The van der Waals surface area contributed by atoms with Crippen LogP contribution in [0, 0.1) is 0 Å². The number of hydrogen-bond acceptors (Lipinski definition) is 4. The van der Waals surface area contributed by atoms with E-state index in [2.05, 4.69) is 27.8 Å². The molecule has 6 nitrogen and oxygen atoms in total. The van der Waals surface area contributed by atoms with Crippen molar-refractivity contribution in [1.82, 2.24) is 25.2 Å². The molecule has 0 radical (unpaired) electrons. The van der Waals surface area contributed by atoms with Crippen LogP contribution in [0.1, 0.15) is 22.1 Å². The van der Waals surface area contributed by atoms with Gasteiger partial charge in [-0.15, -0.1) is 5.10 Å². The molecular weight excluding hydrogens is 254 g/mol. The topological polar surface area (TPSA) is 63.1 Å².